The van der Waals surface area contributed by atoms with Gasteiger partial charge in [0.2, 0.25) is 0 Å². The van der Waals surface area contributed by atoms with E-state index >= 15 is 0 Å². The molecule has 0 aliphatic heterocycles. The summed E-state index contributed by atoms with van der Waals surface area (Å²) in [4.78, 5) is 14.1. The SMILES string of the molecule is CCNC(=NCc1ncnn1C)NCc1scnc1C.I. The van der Waals surface area contributed by atoms with Crippen LogP contribution in [0.1, 0.15) is 23.3 Å². The Morgan fingerprint density at radius 3 is 2.76 bits per heavy atom. The summed E-state index contributed by atoms with van der Waals surface area (Å²) in [6, 6.07) is 0. The van der Waals surface area contributed by atoms with Crippen molar-refractivity contribution in [3.63, 3.8) is 0 Å². The van der Waals surface area contributed by atoms with Crippen LogP contribution < -0.4 is 10.6 Å². The lowest BCUT2D eigenvalue weighted by Gasteiger charge is -2.10. The van der Waals surface area contributed by atoms with Crippen molar-refractivity contribution in [3.8, 4) is 0 Å². The molecule has 0 radical (unpaired) electrons. The molecule has 0 saturated heterocycles. The summed E-state index contributed by atoms with van der Waals surface area (Å²) in [5, 5.41) is 10.5. The fourth-order valence-corrected chi connectivity index (χ4v) is 2.33. The maximum Gasteiger partial charge on any atom is 0.191 e. The number of aromatic nitrogens is 4. The molecule has 0 fully saturated rings. The number of hydrogen-bond acceptors (Lipinski definition) is 5. The van der Waals surface area contributed by atoms with Gasteiger partial charge in [0.05, 0.1) is 17.7 Å². The van der Waals surface area contributed by atoms with Crippen molar-refractivity contribution >= 4 is 41.3 Å². The van der Waals surface area contributed by atoms with Crippen LogP contribution in [-0.4, -0.2) is 32.3 Å². The van der Waals surface area contributed by atoms with E-state index < -0.39 is 0 Å². The van der Waals surface area contributed by atoms with E-state index in [1.165, 1.54) is 11.2 Å². The Morgan fingerprint density at radius 2 is 2.19 bits per heavy atom. The second kappa shape index (κ2) is 8.93. The number of aryl methyl sites for hydroxylation is 2. The lowest BCUT2D eigenvalue weighted by molar-refractivity contribution is 0.697. The molecule has 0 aliphatic rings. The molecule has 0 aromatic carbocycles. The van der Waals surface area contributed by atoms with E-state index in [-0.39, 0.29) is 24.0 Å². The third-order valence-electron chi connectivity index (χ3n) is 2.79. The van der Waals surface area contributed by atoms with Crippen LogP contribution in [0.4, 0.5) is 0 Å². The van der Waals surface area contributed by atoms with E-state index in [0.29, 0.717) is 6.54 Å². The largest absolute Gasteiger partial charge is 0.357 e. The minimum atomic E-state index is 0. The Hall–Kier alpha value is -1.23. The molecular weight excluding hydrogens is 401 g/mol. The van der Waals surface area contributed by atoms with Crippen LogP contribution >= 0.6 is 35.3 Å². The zero-order valence-electron chi connectivity index (χ0n) is 12.3. The van der Waals surface area contributed by atoms with Gasteiger partial charge in [-0.2, -0.15) is 5.10 Å². The van der Waals surface area contributed by atoms with Gasteiger partial charge >= 0.3 is 0 Å². The molecule has 2 N–H and O–H groups in total. The third-order valence-corrected chi connectivity index (χ3v) is 3.72. The predicted molar refractivity (Wildman–Crippen MR) is 94.9 cm³/mol. The van der Waals surface area contributed by atoms with Crippen molar-refractivity contribution < 1.29 is 0 Å². The lowest BCUT2D eigenvalue weighted by Crippen LogP contribution is -2.36. The summed E-state index contributed by atoms with van der Waals surface area (Å²) in [6.07, 6.45) is 1.53. The number of thiazole rings is 1. The van der Waals surface area contributed by atoms with Crippen LogP contribution in [0.15, 0.2) is 16.8 Å². The smallest absolute Gasteiger partial charge is 0.191 e. The highest BCUT2D eigenvalue weighted by molar-refractivity contribution is 14.0. The Kier molecular flexibility index (Phi) is 7.57. The summed E-state index contributed by atoms with van der Waals surface area (Å²) in [6.45, 7) is 6.08. The van der Waals surface area contributed by atoms with Crippen molar-refractivity contribution in [1.29, 1.82) is 0 Å². The van der Waals surface area contributed by atoms with Crippen molar-refractivity contribution in [2.45, 2.75) is 26.9 Å². The average molecular weight is 421 g/mol. The molecule has 0 aliphatic carbocycles. The number of halogens is 1. The molecular formula is C12H20IN7S. The molecule has 7 nitrogen and oxygen atoms in total. The van der Waals surface area contributed by atoms with E-state index in [4.69, 9.17) is 0 Å². The highest BCUT2D eigenvalue weighted by atomic mass is 127. The summed E-state index contributed by atoms with van der Waals surface area (Å²) >= 11 is 1.65. The highest BCUT2D eigenvalue weighted by Gasteiger charge is 2.04. The zero-order chi connectivity index (χ0) is 14.4. The molecule has 0 spiro atoms. The molecule has 21 heavy (non-hydrogen) atoms. The quantitative estimate of drug-likeness (QED) is 0.434. The van der Waals surface area contributed by atoms with Gasteiger partial charge < -0.3 is 10.6 Å². The van der Waals surface area contributed by atoms with Gasteiger partial charge in [0, 0.05) is 18.5 Å². The molecule has 0 unspecified atom stereocenters. The van der Waals surface area contributed by atoms with Gasteiger partial charge in [-0.05, 0) is 13.8 Å². The number of guanidine groups is 1. The fraction of sp³-hybridized carbons (Fsp3) is 0.500. The highest BCUT2D eigenvalue weighted by Crippen LogP contribution is 2.11. The monoisotopic (exact) mass is 421 g/mol. The summed E-state index contributed by atoms with van der Waals surface area (Å²) in [7, 11) is 1.86. The molecule has 2 rings (SSSR count). The van der Waals surface area contributed by atoms with Gasteiger partial charge in [-0.3, -0.25) is 4.68 Å². The van der Waals surface area contributed by atoms with Gasteiger partial charge in [0.1, 0.15) is 18.7 Å². The van der Waals surface area contributed by atoms with E-state index in [0.717, 1.165) is 30.6 Å². The fourth-order valence-electron chi connectivity index (χ4n) is 1.61. The Morgan fingerprint density at radius 1 is 1.38 bits per heavy atom. The normalized spacial score (nSPS) is 11.1. The van der Waals surface area contributed by atoms with Crippen LogP contribution in [0.5, 0.6) is 0 Å². The topological polar surface area (TPSA) is 80.0 Å². The van der Waals surface area contributed by atoms with Crippen molar-refractivity contribution in [1.82, 2.24) is 30.4 Å². The average Bonchev–Trinajstić information content (AvgIpc) is 3.02. The molecule has 0 amide bonds. The first kappa shape index (κ1) is 17.8. The number of nitrogens with zero attached hydrogens (tertiary/aromatic N) is 5. The first-order valence-corrected chi connectivity index (χ1v) is 7.32. The van der Waals surface area contributed by atoms with Gasteiger partial charge in [-0.15, -0.1) is 35.3 Å². The summed E-state index contributed by atoms with van der Waals surface area (Å²) in [5.41, 5.74) is 2.92. The second-order valence-electron chi connectivity index (χ2n) is 4.21. The molecule has 116 valence electrons. The van der Waals surface area contributed by atoms with E-state index in [2.05, 4.69) is 30.7 Å². The van der Waals surface area contributed by atoms with Gasteiger partial charge in [0.15, 0.2) is 5.96 Å². The number of aliphatic imine (C=N–C) groups is 1. The van der Waals surface area contributed by atoms with Crippen LogP contribution in [0.25, 0.3) is 0 Å². The molecule has 9 heteroatoms. The van der Waals surface area contributed by atoms with Gasteiger partial charge in [0.25, 0.3) is 0 Å². The Bertz CT molecular complexity index is 578. The summed E-state index contributed by atoms with van der Waals surface area (Å²) in [5.74, 6) is 1.60. The lowest BCUT2D eigenvalue weighted by atomic mass is 10.4. The molecule has 0 saturated carbocycles. The second-order valence-corrected chi connectivity index (χ2v) is 5.15. The van der Waals surface area contributed by atoms with E-state index in [1.807, 2.05) is 26.4 Å². The summed E-state index contributed by atoms with van der Waals surface area (Å²) < 4.78 is 1.72. The molecule has 2 heterocycles. The first-order valence-electron chi connectivity index (χ1n) is 6.44. The van der Waals surface area contributed by atoms with E-state index in [1.54, 1.807) is 16.0 Å². The van der Waals surface area contributed by atoms with Crippen LogP contribution in [0.2, 0.25) is 0 Å². The minimum Gasteiger partial charge on any atom is -0.357 e. The van der Waals surface area contributed by atoms with Crippen LogP contribution in [-0.2, 0) is 20.1 Å². The number of rotatable bonds is 5. The maximum atomic E-state index is 4.50. The van der Waals surface area contributed by atoms with E-state index in [9.17, 15) is 0 Å². The van der Waals surface area contributed by atoms with Crippen molar-refractivity contribution in [2.75, 3.05) is 6.54 Å². The maximum absolute atomic E-state index is 4.50. The third kappa shape index (κ3) is 5.23. The minimum absolute atomic E-state index is 0. The first-order chi connectivity index (χ1) is 9.70. The predicted octanol–water partition coefficient (Wildman–Crippen LogP) is 1.45. The Balaban J connectivity index is 0.00000220. The molecule has 2 aromatic rings. The molecule has 0 atom stereocenters. The number of hydrogen-bond donors (Lipinski definition) is 2. The van der Waals surface area contributed by atoms with Crippen molar-refractivity contribution in [3.05, 3.63) is 28.2 Å². The van der Waals surface area contributed by atoms with Crippen molar-refractivity contribution in [2.24, 2.45) is 12.0 Å². The molecule has 0 bridgehead atoms. The standard InChI is InChI=1S/C12H19N7S.HI/c1-4-13-12(14-5-10-9(2)17-8-20-10)15-6-11-16-7-18-19(11)3;/h7-8H,4-6H2,1-3H3,(H2,13,14,15);1H. The zero-order valence-corrected chi connectivity index (χ0v) is 15.5. The van der Waals surface area contributed by atoms with Gasteiger partial charge in [-0.1, -0.05) is 0 Å². The van der Waals surface area contributed by atoms with Crippen LogP contribution in [0.3, 0.4) is 0 Å². The molecule has 2 aromatic heterocycles. The van der Waals surface area contributed by atoms with Crippen LogP contribution in [0, 0.1) is 6.92 Å². The number of nitrogens with one attached hydrogen (secondary N) is 2. The van der Waals surface area contributed by atoms with Gasteiger partial charge in [-0.25, -0.2) is 15.0 Å². The Labute approximate surface area is 145 Å².